The van der Waals surface area contributed by atoms with Crippen LogP contribution in [0.5, 0.6) is 0 Å². The Balaban J connectivity index is 2.15. The van der Waals surface area contributed by atoms with Crippen LogP contribution in [-0.4, -0.2) is 4.57 Å². The van der Waals surface area contributed by atoms with E-state index in [-0.39, 0.29) is 0 Å². The van der Waals surface area contributed by atoms with E-state index in [1.165, 1.54) is 5.56 Å². The van der Waals surface area contributed by atoms with Crippen molar-refractivity contribution < 1.29 is 0 Å². The topological polar surface area (TPSA) is 52.5 Å². The zero-order valence-electron chi connectivity index (χ0n) is 14.7. The van der Waals surface area contributed by atoms with Gasteiger partial charge in [-0.1, -0.05) is 38.1 Å². The second-order valence-corrected chi connectivity index (χ2v) is 6.70. The largest absolute Gasteiger partial charge is 0.309 e. The molecule has 0 bridgehead atoms. The Hall–Kier alpha value is -3.56. The Morgan fingerprint density at radius 1 is 0.731 bits per heavy atom. The summed E-state index contributed by atoms with van der Waals surface area (Å²) in [7, 11) is 0. The average molecular weight is 335 g/mol. The first kappa shape index (κ1) is 15.9. The highest BCUT2D eigenvalue weighted by molar-refractivity contribution is 6.14. The highest BCUT2D eigenvalue weighted by Gasteiger charge is 2.17. The maximum absolute atomic E-state index is 9.59. The van der Waals surface area contributed by atoms with E-state index in [9.17, 15) is 10.5 Å². The molecule has 4 aromatic rings. The molecule has 0 aliphatic rings. The van der Waals surface area contributed by atoms with Crippen LogP contribution in [0, 0.1) is 22.7 Å². The van der Waals surface area contributed by atoms with Gasteiger partial charge in [-0.2, -0.15) is 10.5 Å². The molecule has 0 unspecified atom stereocenters. The zero-order chi connectivity index (χ0) is 18.3. The van der Waals surface area contributed by atoms with E-state index in [1.54, 1.807) is 0 Å². The standard InChI is InChI=1S/C23H17N3/c1-15(2)16-9-11-19(12-10-16)26-20-7-3-5-17(13-24)22(20)23-18(14-25)6-4-8-21(23)26/h3-12,15H,1-2H3. The molecule has 3 aromatic carbocycles. The molecule has 0 atom stereocenters. The summed E-state index contributed by atoms with van der Waals surface area (Å²) in [6.07, 6.45) is 0. The molecule has 3 nitrogen and oxygen atoms in total. The lowest BCUT2D eigenvalue weighted by atomic mass is 10.0. The molecule has 0 saturated carbocycles. The Kier molecular flexibility index (Phi) is 3.72. The first-order valence-electron chi connectivity index (χ1n) is 8.62. The minimum absolute atomic E-state index is 0.470. The molecule has 124 valence electrons. The Morgan fingerprint density at radius 3 is 1.65 bits per heavy atom. The molecule has 0 spiro atoms. The lowest BCUT2D eigenvalue weighted by Crippen LogP contribution is -1.95. The number of benzene rings is 3. The van der Waals surface area contributed by atoms with Crippen molar-refractivity contribution in [3.05, 3.63) is 77.4 Å². The van der Waals surface area contributed by atoms with Crippen LogP contribution in [0.3, 0.4) is 0 Å². The molecule has 1 heterocycles. The normalized spacial score (nSPS) is 11.0. The number of hydrogen-bond donors (Lipinski definition) is 0. The van der Waals surface area contributed by atoms with Crippen LogP contribution in [0.25, 0.3) is 27.5 Å². The number of rotatable bonds is 2. The quantitative estimate of drug-likeness (QED) is 0.475. The van der Waals surface area contributed by atoms with Gasteiger partial charge in [0.2, 0.25) is 0 Å². The summed E-state index contributed by atoms with van der Waals surface area (Å²) >= 11 is 0. The van der Waals surface area contributed by atoms with Crippen LogP contribution < -0.4 is 0 Å². The van der Waals surface area contributed by atoms with Crippen molar-refractivity contribution in [2.75, 3.05) is 0 Å². The van der Waals surface area contributed by atoms with E-state index in [2.05, 4.69) is 54.8 Å². The fourth-order valence-corrected chi connectivity index (χ4v) is 3.58. The summed E-state index contributed by atoms with van der Waals surface area (Å²) in [5.74, 6) is 0.470. The zero-order valence-corrected chi connectivity index (χ0v) is 14.7. The third-order valence-corrected chi connectivity index (χ3v) is 4.88. The monoisotopic (exact) mass is 335 g/mol. The van der Waals surface area contributed by atoms with Crippen LogP contribution >= 0.6 is 0 Å². The van der Waals surface area contributed by atoms with E-state index in [0.717, 1.165) is 27.5 Å². The van der Waals surface area contributed by atoms with Gasteiger partial charge in [-0.25, -0.2) is 0 Å². The van der Waals surface area contributed by atoms with Crippen molar-refractivity contribution in [1.29, 1.82) is 10.5 Å². The van der Waals surface area contributed by atoms with Crippen molar-refractivity contribution in [3.63, 3.8) is 0 Å². The van der Waals surface area contributed by atoms with E-state index in [0.29, 0.717) is 17.0 Å². The molecule has 4 rings (SSSR count). The second kappa shape index (κ2) is 6.06. The van der Waals surface area contributed by atoms with Gasteiger partial charge in [-0.05, 0) is 47.9 Å². The number of nitrogens with zero attached hydrogens (tertiary/aromatic N) is 3. The highest BCUT2D eigenvalue weighted by atomic mass is 15.0. The Labute approximate surface area is 152 Å². The SMILES string of the molecule is CC(C)c1ccc(-n2c3cccc(C#N)c3c3c(C#N)cccc32)cc1. The van der Waals surface area contributed by atoms with Gasteiger partial charge in [0.15, 0.2) is 0 Å². The average Bonchev–Trinajstić information content (AvgIpc) is 3.02. The molecule has 0 fully saturated rings. The van der Waals surface area contributed by atoms with Crippen molar-refractivity contribution >= 4 is 21.8 Å². The third kappa shape index (κ3) is 2.26. The van der Waals surface area contributed by atoms with Crippen LogP contribution in [0.2, 0.25) is 0 Å². The third-order valence-electron chi connectivity index (χ3n) is 4.88. The van der Waals surface area contributed by atoms with Gasteiger partial charge < -0.3 is 4.57 Å². The Bertz CT molecular complexity index is 1140. The summed E-state index contributed by atoms with van der Waals surface area (Å²) in [5, 5.41) is 20.9. The summed E-state index contributed by atoms with van der Waals surface area (Å²) in [6, 6.07) is 24.5. The molecular weight excluding hydrogens is 318 g/mol. The molecule has 0 amide bonds. The van der Waals surface area contributed by atoms with E-state index in [4.69, 9.17) is 0 Å². The predicted molar refractivity (Wildman–Crippen MR) is 104 cm³/mol. The first-order chi connectivity index (χ1) is 12.7. The maximum atomic E-state index is 9.59. The van der Waals surface area contributed by atoms with Gasteiger partial charge in [-0.3, -0.25) is 0 Å². The first-order valence-corrected chi connectivity index (χ1v) is 8.62. The van der Waals surface area contributed by atoms with Crippen molar-refractivity contribution in [2.45, 2.75) is 19.8 Å². The van der Waals surface area contributed by atoms with Crippen LogP contribution in [-0.2, 0) is 0 Å². The summed E-state index contributed by atoms with van der Waals surface area (Å²) in [6.45, 7) is 4.35. The van der Waals surface area contributed by atoms with Gasteiger partial charge >= 0.3 is 0 Å². The molecule has 0 saturated heterocycles. The summed E-state index contributed by atoms with van der Waals surface area (Å²) in [4.78, 5) is 0. The molecular formula is C23H17N3. The minimum Gasteiger partial charge on any atom is -0.309 e. The number of aromatic nitrogens is 1. The van der Waals surface area contributed by atoms with Gasteiger partial charge in [0.25, 0.3) is 0 Å². The molecule has 0 N–H and O–H groups in total. The molecule has 0 aliphatic heterocycles. The minimum atomic E-state index is 0.470. The predicted octanol–water partition coefficient (Wildman–Crippen LogP) is 5.65. The molecule has 26 heavy (non-hydrogen) atoms. The van der Waals surface area contributed by atoms with Crippen molar-refractivity contribution in [1.82, 2.24) is 4.57 Å². The number of nitriles is 2. The maximum Gasteiger partial charge on any atom is 0.0999 e. The van der Waals surface area contributed by atoms with E-state index >= 15 is 0 Å². The van der Waals surface area contributed by atoms with Crippen LogP contribution in [0.1, 0.15) is 36.5 Å². The highest BCUT2D eigenvalue weighted by Crippen LogP contribution is 2.36. The molecule has 0 radical (unpaired) electrons. The summed E-state index contributed by atoms with van der Waals surface area (Å²) < 4.78 is 2.14. The molecule has 3 heteroatoms. The number of hydrogen-bond acceptors (Lipinski definition) is 2. The summed E-state index contributed by atoms with van der Waals surface area (Å²) in [5.41, 5.74) is 5.38. The van der Waals surface area contributed by atoms with Gasteiger partial charge in [0.05, 0.1) is 34.3 Å². The fraction of sp³-hybridized carbons (Fsp3) is 0.130. The molecule has 0 aliphatic carbocycles. The van der Waals surface area contributed by atoms with Gasteiger partial charge in [0, 0.05) is 16.5 Å². The van der Waals surface area contributed by atoms with Gasteiger partial charge in [0.1, 0.15) is 0 Å². The second-order valence-electron chi connectivity index (χ2n) is 6.70. The lowest BCUT2D eigenvalue weighted by Gasteiger charge is -2.10. The van der Waals surface area contributed by atoms with E-state index in [1.807, 2.05) is 36.4 Å². The Morgan fingerprint density at radius 2 is 1.23 bits per heavy atom. The molecule has 1 aromatic heterocycles. The van der Waals surface area contributed by atoms with E-state index < -0.39 is 0 Å². The van der Waals surface area contributed by atoms with Crippen molar-refractivity contribution in [2.24, 2.45) is 0 Å². The van der Waals surface area contributed by atoms with Gasteiger partial charge in [-0.15, -0.1) is 0 Å². The fourth-order valence-electron chi connectivity index (χ4n) is 3.58. The lowest BCUT2D eigenvalue weighted by molar-refractivity contribution is 0.866. The number of fused-ring (bicyclic) bond motifs is 3. The van der Waals surface area contributed by atoms with Crippen LogP contribution in [0.15, 0.2) is 60.7 Å². The van der Waals surface area contributed by atoms with Crippen LogP contribution in [0.4, 0.5) is 0 Å². The van der Waals surface area contributed by atoms with Crippen molar-refractivity contribution in [3.8, 4) is 17.8 Å². The smallest absolute Gasteiger partial charge is 0.0999 e.